The van der Waals surface area contributed by atoms with E-state index in [1.165, 1.54) is 12.3 Å². The summed E-state index contributed by atoms with van der Waals surface area (Å²) in [6.07, 6.45) is 1.84. The van der Waals surface area contributed by atoms with Crippen LogP contribution in [0.15, 0.2) is 16.8 Å². The molecule has 0 bridgehead atoms. The zero-order valence-electron chi connectivity index (χ0n) is 10.1. The fourth-order valence-corrected chi connectivity index (χ4v) is 1.63. The molecule has 8 heteroatoms. The van der Waals surface area contributed by atoms with Crippen LogP contribution in [0.2, 0.25) is 5.02 Å². The van der Waals surface area contributed by atoms with E-state index in [0.717, 1.165) is 0 Å². The third kappa shape index (κ3) is 3.41. The van der Waals surface area contributed by atoms with Crippen molar-refractivity contribution in [1.29, 1.82) is 0 Å². The Hall–Kier alpha value is -2.15. The highest BCUT2D eigenvalue weighted by Gasteiger charge is 2.10. The third-order valence-electron chi connectivity index (χ3n) is 2.31. The van der Waals surface area contributed by atoms with Gasteiger partial charge in [0.25, 0.3) is 0 Å². The highest BCUT2D eigenvalue weighted by atomic mass is 35.5. The number of hydrogen-bond donors (Lipinski definition) is 2. The number of carboxylic acids is 1. The normalized spacial score (nSPS) is 10.4. The van der Waals surface area contributed by atoms with Crippen LogP contribution in [0.4, 0.5) is 5.82 Å². The number of anilines is 1. The Morgan fingerprint density at radius 1 is 1.58 bits per heavy atom. The summed E-state index contributed by atoms with van der Waals surface area (Å²) >= 11 is 5.72. The molecule has 0 aliphatic rings. The number of rotatable bonds is 5. The van der Waals surface area contributed by atoms with Gasteiger partial charge in [-0.05, 0) is 6.07 Å². The minimum atomic E-state index is -1.09. The van der Waals surface area contributed by atoms with Crippen molar-refractivity contribution in [3.05, 3.63) is 34.6 Å². The van der Waals surface area contributed by atoms with Crippen molar-refractivity contribution in [2.45, 2.75) is 13.3 Å². The molecule has 0 fully saturated rings. The number of aromatic carboxylic acids is 1. The molecule has 0 spiro atoms. The molecule has 0 aliphatic heterocycles. The number of halogens is 1. The van der Waals surface area contributed by atoms with Crippen molar-refractivity contribution in [2.24, 2.45) is 0 Å². The number of nitrogens with zero attached hydrogens (tertiary/aromatic N) is 3. The van der Waals surface area contributed by atoms with Crippen LogP contribution in [-0.4, -0.2) is 32.7 Å². The van der Waals surface area contributed by atoms with Crippen LogP contribution in [0.25, 0.3) is 0 Å². The Balaban J connectivity index is 1.96. The molecule has 0 amide bonds. The van der Waals surface area contributed by atoms with Gasteiger partial charge in [0.2, 0.25) is 5.89 Å². The highest BCUT2D eigenvalue weighted by molar-refractivity contribution is 6.33. The van der Waals surface area contributed by atoms with Gasteiger partial charge in [-0.1, -0.05) is 16.8 Å². The van der Waals surface area contributed by atoms with E-state index in [1.807, 2.05) is 0 Å². The van der Waals surface area contributed by atoms with Gasteiger partial charge in [0, 0.05) is 26.1 Å². The molecule has 2 heterocycles. The van der Waals surface area contributed by atoms with Gasteiger partial charge in [-0.15, -0.1) is 0 Å². The van der Waals surface area contributed by atoms with Gasteiger partial charge in [-0.2, -0.15) is 4.98 Å². The summed E-state index contributed by atoms with van der Waals surface area (Å²) in [4.78, 5) is 18.9. The fraction of sp³-hybridized carbons (Fsp3) is 0.273. The molecule has 7 nitrogen and oxygen atoms in total. The first-order valence-electron chi connectivity index (χ1n) is 5.48. The summed E-state index contributed by atoms with van der Waals surface area (Å²) in [6, 6.07) is 1.38. The maximum atomic E-state index is 10.9. The largest absolute Gasteiger partial charge is 0.478 e. The number of pyridine rings is 1. The van der Waals surface area contributed by atoms with Crippen molar-refractivity contribution < 1.29 is 14.4 Å². The lowest BCUT2D eigenvalue weighted by Crippen LogP contribution is -2.08. The molecular weight excluding hydrogens is 272 g/mol. The number of carbonyl (C=O) groups is 1. The summed E-state index contributed by atoms with van der Waals surface area (Å²) in [5.41, 5.74) is 0.00886. The molecule has 0 aliphatic carbocycles. The van der Waals surface area contributed by atoms with Crippen molar-refractivity contribution in [2.75, 3.05) is 11.9 Å². The van der Waals surface area contributed by atoms with Crippen LogP contribution in [0.5, 0.6) is 0 Å². The number of carboxylic acid groups (broad SMARTS) is 1. The number of nitrogens with one attached hydrogen (secondary N) is 1. The minimum absolute atomic E-state index is 0.00886. The Morgan fingerprint density at radius 2 is 2.37 bits per heavy atom. The second-order valence-electron chi connectivity index (χ2n) is 3.76. The predicted octanol–water partition coefficient (Wildman–Crippen LogP) is 1.78. The monoisotopic (exact) mass is 282 g/mol. The van der Waals surface area contributed by atoms with Crippen LogP contribution < -0.4 is 5.32 Å². The van der Waals surface area contributed by atoms with Crippen LogP contribution in [-0.2, 0) is 6.42 Å². The molecule has 0 saturated carbocycles. The maximum Gasteiger partial charge on any atom is 0.337 e. The minimum Gasteiger partial charge on any atom is -0.478 e. The van der Waals surface area contributed by atoms with Crippen LogP contribution in [0.1, 0.15) is 22.1 Å². The topological polar surface area (TPSA) is 101 Å². The summed E-state index contributed by atoms with van der Waals surface area (Å²) in [5, 5.41) is 15.7. The molecule has 0 atom stereocenters. The smallest absolute Gasteiger partial charge is 0.337 e. The Bertz CT molecular complexity index is 599. The van der Waals surface area contributed by atoms with Gasteiger partial charge < -0.3 is 14.9 Å². The zero-order valence-corrected chi connectivity index (χ0v) is 10.8. The Morgan fingerprint density at radius 3 is 3.00 bits per heavy atom. The second-order valence-corrected chi connectivity index (χ2v) is 4.17. The van der Waals surface area contributed by atoms with E-state index in [0.29, 0.717) is 30.5 Å². The van der Waals surface area contributed by atoms with E-state index in [9.17, 15) is 4.79 Å². The quantitative estimate of drug-likeness (QED) is 0.862. The molecule has 0 aromatic carbocycles. The molecule has 0 saturated heterocycles. The molecule has 100 valence electrons. The van der Waals surface area contributed by atoms with Crippen molar-refractivity contribution in [1.82, 2.24) is 15.1 Å². The van der Waals surface area contributed by atoms with E-state index in [1.54, 1.807) is 6.92 Å². The van der Waals surface area contributed by atoms with Crippen molar-refractivity contribution in [3.8, 4) is 0 Å². The lowest BCUT2D eigenvalue weighted by molar-refractivity contribution is 0.0697. The average molecular weight is 283 g/mol. The van der Waals surface area contributed by atoms with Gasteiger partial charge in [0.15, 0.2) is 5.82 Å². The van der Waals surface area contributed by atoms with E-state index >= 15 is 0 Å². The van der Waals surface area contributed by atoms with Gasteiger partial charge in [-0.3, -0.25) is 0 Å². The molecule has 2 aromatic heterocycles. The molecule has 0 radical (unpaired) electrons. The number of aryl methyl sites for hydroxylation is 1. The Kier molecular flexibility index (Phi) is 3.96. The van der Waals surface area contributed by atoms with Gasteiger partial charge in [-0.25, -0.2) is 9.78 Å². The molecular formula is C11H11ClN4O3. The summed E-state index contributed by atoms with van der Waals surface area (Å²) in [7, 11) is 0. The predicted molar refractivity (Wildman–Crippen MR) is 67.4 cm³/mol. The second kappa shape index (κ2) is 5.66. The molecule has 0 unspecified atom stereocenters. The Labute approximate surface area is 113 Å². The van der Waals surface area contributed by atoms with Crippen molar-refractivity contribution >= 4 is 23.4 Å². The molecule has 19 heavy (non-hydrogen) atoms. The van der Waals surface area contributed by atoms with Gasteiger partial charge in [0.1, 0.15) is 5.82 Å². The van der Waals surface area contributed by atoms with E-state index in [4.69, 9.17) is 21.2 Å². The van der Waals surface area contributed by atoms with E-state index in [2.05, 4.69) is 20.4 Å². The summed E-state index contributed by atoms with van der Waals surface area (Å²) in [5.74, 6) is 0.427. The van der Waals surface area contributed by atoms with Gasteiger partial charge in [0.05, 0.1) is 10.6 Å². The molecule has 2 N–H and O–H groups in total. The molecule has 2 aromatic rings. The zero-order chi connectivity index (χ0) is 13.8. The van der Waals surface area contributed by atoms with E-state index in [-0.39, 0.29) is 10.6 Å². The summed E-state index contributed by atoms with van der Waals surface area (Å²) in [6.45, 7) is 2.22. The van der Waals surface area contributed by atoms with Crippen molar-refractivity contribution in [3.63, 3.8) is 0 Å². The number of aromatic nitrogens is 3. The van der Waals surface area contributed by atoms with Gasteiger partial charge >= 0.3 is 5.97 Å². The van der Waals surface area contributed by atoms with Crippen LogP contribution in [0.3, 0.4) is 0 Å². The first-order valence-corrected chi connectivity index (χ1v) is 5.86. The average Bonchev–Trinajstić information content (AvgIpc) is 2.77. The lowest BCUT2D eigenvalue weighted by Gasteiger charge is -2.05. The summed E-state index contributed by atoms with van der Waals surface area (Å²) < 4.78 is 4.83. The SMILES string of the molecule is Cc1nc(CCNc2cc(C(=O)O)c(Cl)cn2)no1. The first-order chi connectivity index (χ1) is 9.06. The third-order valence-corrected chi connectivity index (χ3v) is 2.61. The lowest BCUT2D eigenvalue weighted by atomic mass is 10.2. The standard InChI is InChI=1S/C11H11ClN4O3/c1-6-15-9(16-19-6)2-3-13-10-4-7(11(17)18)8(12)5-14-10/h4-5H,2-3H2,1H3,(H,13,14)(H,17,18). The maximum absolute atomic E-state index is 10.9. The molecule has 2 rings (SSSR count). The van der Waals surface area contributed by atoms with Crippen LogP contribution in [0, 0.1) is 6.92 Å². The first kappa shape index (κ1) is 13.3. The highest BCUT2D eigenvalue weighted by Crippen LogP contribution is 2.17. The fourth-order valence-electron chi connectivity index (χ4n) is 1.44. The number of hydrogen-bond acceptors (Lipinski definition) is 6. The van der Waals surface area contributed by atoms with E-state index < -0.39 is 5.97 Å². The van der Waals surface area contributed by atoms with Crippen LogP contribution >= 0.6 is 11.6 Å².